The number of carbonyl (C=O) groups is 1. The monoisotopic (exact) mass is 449 g/mol. The molecular formula is C25H27N3O3S. The zero-order chi connectivity index (χ0) is 22.1. The van der Waals surface area contributed by atoms with E-state index < -0.39 is 0 Å². The molecule has 1 saturated heterocycles. The number of fused-ring (bicyclic) bond motifs is 2. The molecule has 1 amide bonds. The highest BCUT2D eigenvalue weighted by atomic mass is 32.2. The molecule has 2 atom stereocenters. The van der Waals surface area contributed by atoms with Gasteiger partial charge >= 0.3 is 0 Å². The van der Waals surface area contributed by atoms with Gasteiger partial charge in [0.25, 0.3) is 5.56 Å². The molecule has 0 N–H and O–H groups in total. The van der Waals surface area contributed by atoms with Gasteiger partial charge in [0.15, 0.2) is 5.16 Å². The standard InChI is InChI=1S/C25H27N3O3S/c1-17-12-13-18-7-2-5-11-22(18)28(17)23(29)16-32-25-26-21-10-4-3-9-20(21)24(30)27(25)15-19-8-6-14-31-19/h2-5,7,9-11,17,19H,6,8,12-16H2,1H3. The maximum absolute atomic E-state index is 13.3. The summed E-state index contributed by atoms with van der Waals surface area (Å²) in [6, 6.07) is 15.7. The molecular weight excluding hydrogens is 422 g/mol. The highest BCUT2D eigenvalue weighted by molar-refractivity contribution is 7.99. The van der Waals surface area contributed by atoms with Crippen LogP contribution in [-0.2, 0) is 22.5 Å². The molecule has 1 aromatic heterocycles. The maximum Gasteiger partial charge on any atom is 0.262 e. The average molecular weight is 450 g/mol. The number of hydrogen-bond acceptors (Lipinski definition) is 5. The van der Waals surface area contributed by atoms with E-state index in [0.29, 0.717) is 22.6 Å². The second kappa shape index (κ2) is 9.08. The number of para-hydroxylation sites is 2. The van der Waals surface area contributed by atoms with Crippen LogP contribution < -0.4 is 10.5 Å². The summed E-state index contributed by atoms with van der Waals surface area (Å²) < 4.78 is 7.48. The van der Waals surface area contributed by atoms with Gasteiger partial charge in [-0.05, 0) is 56.4 Å². The fraction of sp³-hybridized carbons (Fsp3) is 0.400. The minimum Gasteiger partial charge on any atom is -0.376 e. The van der Waals surface area contributed by atoms with E-state index in [1.54, 1.807) is 4.57 Å². The summed E-state index contributed by atoms with van der Waals surface area (Å²) >= 11 is 1.34. The summed E-state index contributed by atoms with van der Waals surface area (Å²) in [5.41, 5.74) is 2.80. The third kappa shape index (κ3) is 4.07. The fourth-order valence-electron chi connectivity index (χ4n) is 4.67. The normalized spacial score (nSPS) is 20.5. The van der Waals surface area contributed by atoms with Crippen molar-refractivity contribution < 1.29 is 9.53 Å². The van der Waals surface area contributed by atoms with E-state index in [9.17, 15) is 9.59 Å². The topological polar surface area (TPSA) is 64.4 Å². The average Bonchev–Trinajstić information content (AvgIpc) is 3.33. The Labute approximate surface area is 191 Å². The number of anilines is 1. The van der Waals surface area contributed by atoms with Crippen molar-refractivity contribution >= 4 is 34.3 Å². The molecule has 0 spiro atoms. The van der Waals surface area contributed by atoms with Gasteiger partial charge in [0.2, 0.25) is 5.91 Å². The number of amides is 1. The molecule has 0 radical (unpaired) electrons. The number of nitrogens with zero attached hydrogens (tertiary/aromatic N) is 3. The van der Waals surface area contributed by atoms with E-state index in [4.69, 9.17) is 9.72 Å². The number of hydrogen-bond donors (Lipinski definition) is 0. The lowest BCUT2D eigenvalue weighted by atomic mass is 9.97. The summed E-state index contributed by atoms with van der Waals surface area (Å²) in [6.45, 7) is 3.30. The van der Waals surface area contributed by atoms with Crippen LogP contribution in [0.15, 0.2) is 58.5 Å². The first-order valence-electron chi connectivity index (χ1n) is 11.3. The molecule has 0 saturated carbocycles. The molecule has 0 bridgehead atoms. The van der Waals surface area contributed by atoms with Crippen molar-refractivity contribution in [1.29, 1.82) is 0 Å². The smallest absolute Gasteiger partial charge is 0.262 e. The quantitative estimate of drug-likeness (QED) is 0.435. The van der Waals surface area contributed by atoms with E-state index in [-0.39, 0.29) is 29.4 Å². The molecule has 3 aromatic rings. The third-order valence-electron chi connectivity index (χ3n) is 6.35. The lowest BCUT2D eigenvalue weighted by Crippen LogP contribution is -2.43. The van der Waals surface area contributed by atoms with Gasteiger partial charge in [0, 0.05) is 18.3 Å². The van der Waals surface area contributed by atoms with Crippen molar-refractivity contribution in [3.8, 4) is 0 Å². The molecule has 166 valence electrons. The molecule has 32 heavy (non-hydrogen) atoms. The summed E-state index contributed by atoms with van der Waals surface area (Å²) in [4.78, 5) is 33.2. The Kier molecular flexibility index (Phi) is 6.02. The van der Waals surface area contributed by atoms with Crippen molar-refractivity contribution in [1.82, 2.24) is 9.55 Å². The summed E-state index contributed by atoms with van der Waals surface area (Å²) in [5, 5.41) is 1.18. The minimum atomic E-state index is -0.0715. The summed E-state index contributed by atoms with van der Waals surface area (Å²) in [6.07, 6.45) is 3.89. The number of benzene rings is 2. The highest BCUT2D eigenvalue weighted by Crippen LogP contribution is 2.31. The van der Waals surface area contributed by atoms with Gasteiger partial charge in [0.1, 0.15) is 0 Å². The van der Waals surface area contributed by atoms with E-state index in [2.05, 4.69) is 13.0 Å². The van der Waals surface area contributed by atoms with Crippen molar-refractivity contribution in [2.75, 3.05) is 17.3 Å². The van der Waals surface area contributed by atoms with Gasteiger partial charge in [0.05, 0.1) is 29.3 Å². The second-order valence-electron chi connectivity index (χ2n) is 8.53. The first-order chi connectivity index (χ1) is 15.6. The number of carbonyl (C=O) groups excluding carboxylic acids is 1. The molecule has 3 heterocycles. The lowest BCUT2D eigenvalue weighted by Gasteiger charge is -2.35. The van der Waals surface area contributed by atoms with Gasteiger partial charge in [-0.2, -0.15) is 0 Å². The van der Waals surface area contributed by atoms with Crippen LogP contribution in [0.5, 0.6) is 0 Å². The van der Waals surface area contributed by atoms with E-state index >= 15 is 0 Å². The molecule has 5 rings (SSSR count). The van der Waals surface area contributed by atoms with Crippen LogP contribution in [0.1, 0.15) is 31.7 Å². The van der Waals surface area contributed by atoms with Gasteiger partial charge in [-0.1, -0.05) is 42.1 Å². The van der Waals surface area contributed by atoms with Gasteiger partial charge < -0.3 is 9.64 Å². The minimum absolute atomic E-state index is 0.0136. The Balaban J connectivity index is 1.43. The van der Waals surface area contributed by atoms with E-state index in [0.717, 1.165) is 38.0 Å². The molecule has 2 aliphatic rings. The third-order valence-corrected chi connectivity index (χ3v) is 7.31. The predicted octanol–water partition coefficient (Wildman–Crippen LogP) is 4.04. The van der Waals surface area contributed by atoms with Crippen molar-refractivity contribution in [3.05, 3.63) is 64.4 Å². The summed E-state index contributed by atoms with van der Waals surface area (Å²) in [7, 11) is 0. The van der Waals surface area contributed by atoms with Crippen LogP contribution in [0.3, 0.4) is 0 Å². The highest BCUT2D eigenvalue weighted by Gasteiger charge is 2.28. The molecule has 2 aromatic carbocycles. The zero-order valence-corrected chi connectivity index (χ0v) is 19.0. The Morgan fingerprint density at radius 1 is 1.16 bits per heavy atom. The Bertz CT molecular complexity index is 1200. The lowest BCUT2D eigenvalue weighted by molar-refractivity contribution is -0.116. The fourth-order valence-corrected chi connectivity index (χ4v) is 5.54. The van der Waals surface area contributed by atoms with Crippen molar-refractivity contribution in [3.63, 3.8) is 0 Å². The Hall–Kier alpha value is -2.64. The predicted molar refractivity (Wildman–Crippen MR) is 127 cm³/mol. The van der Waals surface area contributed by atoms with Gasteiger partial charge in [-0.15, -0.1) is 0 Å². The number of aryl methyl sites for hydroxylation is 1. The SMILES string of the molecule is CC1CCc2ccccc2N1C(=O)CSc1nc2ccccc2c(=O)n1CC1CCCO1. The summed E-state index contributed by atoms with van der Waals surface area (Å²) in [5.74, 6) is 0.273. The molecule has 0 aliphatic carbocycles. The van der Waals surface area contributed by atoms with E-state index in [1.807, 2.05) is 47.4 Å². The number of rotatable bonds is 5. The van der Waals surface area contributed by atoms with Crippen LogP contribution in [-0.4, -0.2) is 40.0 Å². The van der Waals surface area contributed by atoms with Gasteiger partial charge in [-0.25, -0.2) is 4.98 Å². The molecule has 7 heteroatoms. The van der Waals surface area contributed by atoms with Crippen LogP contribution in [0, 0.1) is 0 Å². The number of aromatic nitrogens is 2. The van der Waals surface area contributed by atoms with Crippen LogP contribution in [0.4, 0.5) is 5.69 Å². The van der Waals surface area contributed by atoms with Gasteiger partial charge in [-0.3, -0.25) is 14.2 Å². The molecule has 2 aliphatic heterocycles. The van der Waals surface area contributed by atoms with E-state index in [1.165, 1.54) is 17.3 Å². The maximum atomic E-state index is 13.3. The molecule has 6 nitrogen and oxygen atoms in total. The Morgan fingerprint density at radius 3 is 2.81 bits per heavy atom. The first kappa shape index (κ1) is 21.2. The number of thioether (sulfide) groups is 1. The second-order valence-corrected chi connectivity index (χ2v) is 9.47. The van der Waals surface area contributed by atoms with Crippen molar-refractivity contribution in [2.45, 2.75) is 56.5 Å². The van der Waals surface area contributed by atoms with Crippen LogP contribution in [0.25, 0.3) is 10.9 Å². The van der Waals surface area contributed by atoms with Crippen molar-refractivity contribution in [2.24, 2.45) is 0 Å². The van der Waals surface area contributed by atoms with Crippen LogP contribution >= 0.6 is 11.8 Å². The zero-order valence-electron chi connectivity index (χ0n) is 18.2. The first-order valence-corrected chi connectivity index (χ1v) is 12.2. The van der Waals surface area contributed by atoms with Crippen LogP contribution in [0.2, 0.25) is 0 Å². The largest absolute Gasteiger partial charge is 0.376 e. The molecule has 1 fully saturated rings. The molecule has 2 unspecified atom stereocenters. The Morgan fingerprint density at radius 2 is 1.97 bits per heavy atom. The number of ether oxygens (including phenoxy) is 1.